The van der Waals surface area contributed by atoms with Gasteiger partial charge in [-0.05, 0) is 75.5 Å². The van der Waals surface area contributed by atoms with E-state index in [1.807, 2.05) is 19.9 Å². The van der Waals surface area contributed by atoms with E-state index in [9.17, 15) is 10.2 Å². The van der Waals surface area contributed by atoms with Crippen LogP contribution >= 0.6 is 15.9 Å². The van der Waals surface area contributed by atoms with Crippen molar-refractivity contribution in [1.29, 1.82) is 0 Å². The van der Waals surface area contributed by atoms with Crippen LogP contribution in [0.1, 0.15) is 73.1 Å². The Morgan fingerprint density at radius 2 is 1.78 bits per heavy atom. The molecule has 1 saturated carbocycles. The highest BCUT2D eigenvalue weighted by Crippen LogP contribution is 2.51. The fourth-order valence-corrected chi connectivity index (χ4v) is 5.30. The second-order valence-corrected chi connectivity index (χ2v) is 10.3. The summed E-state index contributed by atoms with van der Waals surface area (Å²) in [5.41, 5.74) is -1.05. The first kappa shape index (κ1) is 19.5. The van der Waals surface area contributed by atoms with Crippen molar-refractivity contribution in [3.63, 3.8) is 0 Å². The van der Waals surface area contributed by atoms with Crippen molar-refractivity contribution < 1.29 is 10.2 Å². The Balaban J connectivity index is 1.98. The minimum atomic E-state index is -0.617. The highest BCUT2D eigenvalue weighted by Gasteiger charge is 2.49. The van der Waals surface area contributed by atoms with Crippen LogP contribution in [0.3, 0.4) is 0 Å². The van der Waals surface area contributed by atoms with Crippen molar-refractivity contribution in [2.45, 2.75) is 89.2 Å². The van der Waals surface area contributed by atoms with E-state index < -0.39 is 11.2 Å². The molecule has 0 bridgehead atoms. The van der Waals surface area contributed by atoms with Crippen LogP contribution < -0.4 is 0 Å². The minimum absolute atomic E-state index is 0.119. The summed E-state index contributed by atoms with van der Waals surface area (Å²) in [6, 6.07) is 0. The molecule has 3 heteroatoms. The lowest BCUT2D eigenvalue weighted by atomic mass is 9.60. The molecule has 2 aliphatic rings. The zero-order valence-electron chi connectivity index (χ0n) is 15.5. The number of allylic oxidation sites excluding steroid dienone is 1. The fraction of sp³-hybridized carbons (Fsp3) is 0.900. The zero-order valence-corrected chi connectivity index (χ0v) is 17.1. The van der Waals surface area contributed by atoms with Gasteiger partial charge < -0.3 is 10.2 Å². The molecule has 2 aliphatic carbocycles. The summed E-state index contributed by atoms with van der Waals surface area (Å²) in [4.78, 5) is 0.486. The minimum Gasteiger partial charge on any atom is -0.390 e. The summed E-state index contributed by atoms with van der Waals surface area (Å²) in [7, 11) is 0. The lowest BCUT2D eigenvalue weighted by molar-refractivity contribution is -0.0901. The van der Waals surface area contributed by atoms with Crippen molar-refractivity contribution in [3.05, 3.63) is 12.2 Å². The Morgan fingerprint density at radius 3 is 2.35 bits per heavy atom. The summed E-state index contributed by atoms with van der Waals surface area (Å²) in [6.45, 7) is 10.8. The van der Waals surface area contributed by atoms with Gasteiger partial charge in [-0.15, -0.1) is 0 Å². The van der Waals surface area contributed by atoms with Crippen molar-refractivity contribution in [2.75, 3.05) is 0 Å². The summed E-state index contributed by atoms with van der Waals surface area (Å²) < 4.78 is 0. The lowest BCUT2D eigenvalue weighted by Crippen LogP contribution is -2.51. The molecule has 2 N–H and O–H groups in total. The van der Waals surface area contributed by atoms with E-state index >= 15 is 0 Å². The van der Waals surface area contributed by atoms with E-state index in [1.54, 1.807) is 0 Å². The summed E-state index contributed by atoms with van der Waals surface area (Å²) in [6.07, 6.45) is 10.3. The second kappa shape index (κ2) is 6.80. The van der Waals surface area contributed by atoms with E-state index in [1.165, 1.54) is 0 Å². The molecule has 0 spiro atoms. The normalized spacial score (nSPS) is 45.0. The first-order valence-corrected chi connectivity index (χ1v) is 10.2. The summed E-state index contributed by atoms with van der Waals surface area (Å²) in [5, 5.41) is 21.0. The number of halogens is 1. The standard InChI is InChI=1S/C20H35BrO2/c1-14(15-8-11-19(4,22)12-9-15)6-7-16-18(2,3)17(21)10-13-20(16,5)23/h8,11,14-17,22-23H,6-7,9-10,12-13H2,1-5H3. The molecule has 23 heavy (non-hydrogen) atoms. The molecule has 0 aromatic carbocycles. The van der Waals surface area contributed by atoms with E-state index in [2.05, 4.69) is 42.8 Å². The molecule has 2 nitrogen and oxygen atoms in total. The van der Waals surface area contributed by atoms with Crippen LogP contribution in [0.4, 0.5) is 0 Å². The Hall–Kier alpha value is 0.140. The van der Waals surface area contributed by atoms with Gasteiger partial charge in [-0.25, -0.2) is 0 Å². The molecule has 2 rings (SSSR count). The average Bonchev–Trinajstić information content (AvgIpc) is 2.42. The van der Waals surface area contributed by atoms with Gasteiger partial charge in [0, 0.05) is 4.83 Å². The molecule has 0 aromatic heterocycles. The van der Waals surface area contributed by atoms with Crippen molar-refractivity contribution >= 4 is 15.9 Å². The largest absolute Gasteiger partial charge is 0.390 e. The molecule has 0 saturated heterocycles. The van der Waals surface area contributed by atoms with Crippen LogP contribution in [0.2, 0.25) is 0 Å². The second-order valence-electron chi connectivity index (χ2n) is 9.21. The first-order chi connectivity index (χ1) is 10.5. The average molecular weight is 387 g/mol. The molecular weight excluding hydrogens is 352 g/mol. The number of rotatable bonds is 4. The van der Waals surface area contributed by atoms with Crippen LogP contribution in [0.5, 0.6) is 0 Å². The molecule has 0 amide bonds. The molecular formula is C20H35BrO2. The van der Waals surface area contributed by atoms with Crippen molar-refractivity contribution in [1.82, 2.24) is 0 Å². The summed E-state index contributed by atoms with van der Waals surface area (Å²) >= 11 is 3.85. The maximum atomic E-state index is 10.9. The SMILES string of the molecule is CC(CCC1C(C)(O)CCC(Br)C1(C)C)C1C=CC(C)(O)CC1. The third kappa shape index (κ3) is 4.41. The van der Waals surface area contributed by atoms with Crippen LogP contribution in [0.15, 0.2) is 12.2 Å². The highest BCUT2D eigenvalue weighted by atomic mass is 79.9. The fourth-order valence-electron chi connectivity index (χ4n) is 4.76. The first-order valence-electron chi connectivity index (χ1n) is 9.24. The molecule has 6 unspecified atom stereocenters. The lowest BCUT2D eigenvalue weighted by Gasteiger charge is -2.51. The Morgan fingerprint density at radius 1 is 1.13 bits per heavy atom. The van der Waals surface area contributed by atoms with E-state index in [4.69, 9.17) is 0 Å². The molecule has 1 fully saturated rings. The van der Waals surface area contributed by atoms with Gasteiger partial charge >= 0.3 is 0 Å². The Labute approximate surface area is 150 Å². The third-order valence-electron chi connectivity index (χ3n) is 6.69. The monoisotopic (exact) mass is 386 g/mol. The van der Waals surface area contributed by atoms with Gasteiger partial charge in [0.2, 0.25) is 0 Å². The quantitative estimate of drug-likeness (QED) is 0.522. The molecule has 6 atom stereocenters. The number of aliphatic hydroxyl groups is 2. The molecule has 134 valence electrons. The van der Waals surface area contributed by atoms with Gasteiger partial charge in [-0.1, -0.05) is 48.9 Å². The molecule has 0 heterocycles. The summed E-state index contributed by atoms with van der Waals surface area (Å²) in [5.74, 6) is 1.49. The Kier molecular flexibility index (Phi) is 5.76. The predicted molar refractivity (Wildman–Crippen MR) is 101 cm³/mol. The number of hydrogen-bond donors (Lipinski definition) is 2. The van der Waals surface area contributed by atoms with E-state index in [0.29, 0.717) is 22.6 Å². The van der Waals surface area contributed by atoms with Gasteiger partial charge in [0.1, 0.15) is 0 Å². The maximum Gasteiger partial charge on any atom is 0.0800 e. The molecule has 0 radical (unpaired) electrons. The smallest absolute Gasteiger partial charge is 0.0800 e. The van der Waals surface area contributed by atoms with Gasteiger partial charge in [-0.2, -0.15) is 0 Å². The van der Waals surface area contributed by atoms with E-state index in [-0.39, 0.29) is 5.41 Å². The van der Waals surface area contributed by atoms with Crippen LogP contribution in [0, 0.1) is 23.2 Å². The van der Waals surface area contributed by atoms with Crippen LogP contribution in [0.25, 0.3) is 0 Å². The number of hydrogen-bond acceptors (Lipinski definition) is 2. The topological polar surface area (TPSA) is 40.5 Å². The molecule has 0 aromatic rings. The molecule has 0 aliphatic heterocycles. The van der Waals surface area contributed by atoms with Crippen molar-refractivity contribution in [3.8, 4) is 0 Å². The van der Waals surface area contributed by atoms with Gasteiger partial charge in [0.25, 0.3) is 0 Å². The van der Waals surface area contributed by atoms with Crippen molar-refractivity contribution in [2.24, 2.45) is 23.2 Å². The third-order valence-corrected chi connectivity index (χ3v) is 8.33. The maximum absolute atomic E-state index is 10.9. The Bertz CT molecular complexity index is 439. The van der Waals surface area contributed by atoms with E-state index in [0.717, 1.165) is 38.5 Å². The number of alkyl halides is 1. The van der Waals surface area contributed by atoms with Gasteiger partial charge in [0.05, 0.1) is 11.2 Å². The zero-order chi connectivity index (χ0) is 17.5. The van der Waals surface area contributed by atoms with Gasteiger partial charge in [0.15, 0.2) is 0 Å². The highest BCUT2D eigenvalue weighted by molar-refractivity contribution is 9.09. The van der Waals surface area contributed by atoms with Crippen LogP contribution in [-0.4, -0.2) is 26.2 Å². The van der Waals surface area contributed by atoms with Crippen LogP contribution in [-0.2, 0) is 0 Å². The predicted octanol–water partition coefficient (Wildman–Crippen LogP) is 5.07. The van der Waals surface area contributed by atoms with Gasteiger partial charge in [-0.3, -0.25) is 0 Å².